The van der Waals surface area contributed by atoms with Crippen LogP contribution in [0.3, 0.4) is 0 Å². The minimum atomic E-state index is -0.0351. The highest BCUT2D eigenvalue weighted by molar-refractivity contribution is 7.15. The van der Waals surface area contributed by atoms with Crippen LogP contribution in [-0.2, 0) is 17.6 Å². The number of aromatic nitrogens is 2. The molecule has 1 aromatic carbocycles. The lowest BCUT2D eigenvalue weighted by molar-refractivity contribution is -0.115. The fraction of sp³-hybridized carbons (Fsp3) is 0.294. The molecule has 0 aliphatic rings. The van der Waals surface area contributed by atoms with Gasteiger partial charge in [-0.05, 0) is 30.5 Å². The Balaban J connectivity index is 1.57. The van der Waals surface area contributed by atoms with Gasteiger partial charge < -0.3 is 5.32 Å². The van der Waals surface area contributed by atoms with Gasteiger partial charge in [0, 0.05) is 23.5 Å². The zero-order chi connectivity index (χ0) is 15.4. The number of aryl methyl sites for hydroxylation is 1. The average molecular weight is 313 g/mol. The number of carbonyl (C=O) groups is 1. The quantitative estimate of drug-likeness (QED) is 0.749. The van der Waals surface area contributed by atoms with E-state index in [1.165, 1.54) is 18.4 Å². The van der Waals surface area contributed by atoms with Gasteiger partial charge in [-0.2, -0.15) is 0 Å². The van der Waals surface area contributed by atoms with Crippen LogP contribution in [0.25, 0.3) is 4.96 Å². The maximum Gasteiger partial charge on any atom is 0.230 e. The molecule has 0 aliphatic carbocycles. The smallest absolute Gasteiger partial charge is 0.230 e. The van der Waals surface area contributed by atoms with Gasteiger partial charge in [-0.3, -0.25) is 9.20 Å². The van der Waals surface area contributed by atoms with Crippen LogP contribution in [0.4, 0.5) is 5.69 Å². The molecule has 0 unspecified atom stereocenters. The van der Waals surface area contributed by atoms with Gasteiger partial charge in [-0.15, -0.1) is 11.3 Å². The van der Waals surface area contributed by atoms with Crippen molar-refractivity contribution in [1.29, 1.82) is 0 Å². The van der Waals surface area contributed by atoms with Gasteiger partial charge in [0.2, 0.25) is 5.91 Å². The van der Waals surface area contributed by atoms with Crippen molar-refractivity contribution in [2.75, 3.05) is 5.32 Å². The molecule has 0 aliphatic heterocycles. The summed E-state index contributed by atoms with van der Waals surface area (Å²) < 4.78 is 1.94. The van der Waals surface area contributed by atoms with E-state index < -0.39 is 0 Å². The third kappa shape index (κ3) is 3.54. The van der Waals surface area contributed by atoms with E-state index in [0.29, 0.717) is 6.42 Å². The number of thiazole rings is 1. The summed E-state index contributed by atoms with van der Waals surface area (Å²) in [5.41, 5.74) is 2.95. The van der Waals surface area contributed by atoms with Gasteiger partial charge in [-0.1, -0.05) is 25.5 Å². The number of carbonyl (C=O) groups excluding carboxylic acids is 1. The Morgan fingerprint density at radius 2 is 2.14 bits per heavy atom. The number of imidazole rings is 1. The Bertz CT molecular complexity index is 729. The molecule has 0 fully saturated rings. The lowest BCUT2D eigenvalue weighted by atomic mass is 10.1. The molecule has 2 aromatic heterocycles. The van der Waals surface area contributed by atoms with Crippen LogP contribution in [-0.4, -0.2) is 15.3 Å². The molecule has 0 saturated carbocycles. The number of nitrogens with zero attached hydrogens (tertiary/aromatic N) is 2. The number of benzene rings is 1. The molecule has 22 heavy (non-hydrogen) atoms. The number of nitrogens with one attached hydrogen (secondary N) is 1. The largest absolute Gasteiger partial charge is 0.326 e. The molecule has 5 heteroatoms. The number of rotatable bonds is 6. The molecular weight excluding hydrogens is 294 g/mol. The monoisotopic (exact) mass is 313 g/mol. The van der Waals surface area contributed by atoms with Crippen molar-refractivity contribution in [1.82, 2.24) is 9.38 Å². The third-order valence-corrected chi connectivity index (χ3v) is 4.31. The van der Waals surface area contributed by atoms with Crippen molar-refractivity contribution in [3.63, 3.8) is 0 Å². The van der Waals surface area contributed by atoms with Gasteiger partial charge in [0.05, 0.1) is 12.1 Å². The van der Waals surface area contributed by atoms with Crippen LogP contribution in [0.1, 0.15) is 31.0 Å². The van der Waals surface area contributed by atoms with Gasteiger partial charge in [0.25, 0.3) is 0 Å². The molecule has 0 atom stereocenters. The number of unbranched alkanes of at least 4 members (excludes halogenated alkanes) is 1. The standard InChI is InChI=1S/C17H19N3OS/c1-2-3-4-13-5-7-14(8-6-13)18-16(21)11-15-12-20-9-10-22-17(20)19-15/h5-10,12H,2-4,11H2,1H3,(H,18,21). The molecule has 114 valence electrons. The normalized spacial score (nSPS) is 11.0. The number of anilines is 1. The summed E-state index contributed by atoms with van der Waals surface area (Å²) in [6, 6.07) is 8.10. The first-order valence-electron chi connectivity index (χ1n) is 7.54. The first kappa shape index (κ1) is 14.8. The van der Waals surface area contributed by atoms with Crippen molar-refractivity contribution in [3.05, 3.63) is 53.3 Å². The summed E-state index contributed by atoms with van der Waals surface area (Å²) in [6.45, 7) is 2.19. The summed E-state index contributed by atoms with van der Waals surface area (Å²) in [5.74, 6) is -0.0351. The number of hydrogen-bond donors (Lipinski definition) is 1. The molecule has 0 saturated heterocycles. The lowest BCUT2D eigenvalue weighted by Crippen LogP contribution is -2.14. The van der Waals surface area contributed by atoms with Crippen LogP contribution >= 0.6 is 11.3 Å². The van der Waals surface area contributed by atoms with Gasteiger partial charge in [-0.25, -0.2) is 4.98 Å². The lowest BCUT2D eigenvalue weighted by Gasteiger charge is -2.05. The van der Waals surface area contributed by atoms with E-state index in [-0.39, 0.29) is 5.91 Å². The summed E-state index contributed by atoms with van der Waals surface area (Å²) >= 11 is 1.57. The fourth-order valence-electron chi connectivity index (χ4n) is 2.37. The average Bonchev–Trinajstić information content (AvgIpc) is 3.07. The van der Waals surface area contributed by atoms with Gasteiger partial charge in [0.15, 0.2) is 4.96 Å². The van der Waals surface area contributed by atoms with E-state index in [4.69, 9.17) is 0 Å². The Hall–Kier alpha value is -2.14. The summed E-state index contributed by atoms with van der Waals surface area (Å²) in [7, 11) is 0. The van der Waals surface area contributed by atoms with Gasteiger partial charge in [0.1, 0.15) is 0 Å². The minimum Gasteiger partial charge on any atom is -0.326 e. The van der Waals surface area contributed by atoms with E-state index in [1.807, 2.05) is 34.3 Å². The molecule has 0 spiro atoms. The van der Waals surface area contributed by atoms with Crippen LogP contribution < -0.4 is 5.32 Å². The third-order valence-electron chi connectivity index (χ3n) is 3.54. The Morgan fingerprint density at radius 1 is 1.32 bits per heavy atom. The Labute approximate surface area is 133 Å². The van der Waals surface area contributed by atoms with Crippen LogP contribution in [0, 0.1) is 0 Å². The number of fused-ring (bicyclic) bond motifs is 1. The van der Waals surface area contributed by atoms with E-state index in [1.54, 1.807) is 11.3 Å². The zero-order valence-corrected chi connectivity index (χ0v) is 13.4. The van der Waals surface area contributed by atoms with E-state index >= 15 is 0 Å². The molecule has 3 aromatic rings. The molecule has 3 rings (SSSR count). The van der Waals surface area contributed by atoms with Crippen LogP contribution in [0.5, 0.6) is 0 Å². The van der Waals surface area contributed by atoms with Crippen molar-refractivity contribution in [2.45, 2.75) is 32.6 Å². The van der Waals surface area contributed by atoms with Crippen molar-refractivity contribution in [2.24, 2.45) is 0 Å². The Morgan fingerprint density at radius 3 is 2.86 bits per heavy atom. The molecule has 4 nitrogen and oxygen atoms in total. The van der Waals surface area contributed by atoms with Gasteiger partial charge >= 0.3 is 0 Å². The van der Waals surface area contributed by atoms with E-state index in [9.17, 15) is 4.79 Å². The zero-order valence-electron chi connectivity index (χ0n) is 12.6. The minimum absolute atomic E-state index is 0.0351. The number of hydrogen-bond acceptors (Lipinski definition) is 3. The van der Waals surface area contributed by atoms with Crippen LogP contribution in [0.2, 0.25) is 0 Å². The Kier molecular flexibility index (Phi) is 4.53. The van der Waals surface area contributed by atoms with Crippen LogP contribution in [0.15, 0.2) is 42.0 Å². The van der Waals surface area contributed by atoms with E-state index in [0.717, 1.165) is 22.8 Å². The predicted molar refractivity (Wildman–Crippen MR) is 90.5 cm³/mol. The summed E-state index contributed by atoms with van der Waals surface area (Å²) in [5, 5.41) is 4.90. The first-order chi connectivity index (χ1) is 10.7. The predicted octanol–water partition coefficient (Wildman–Crippen LogP) is 3.92. The molecule has 0 bridgehead atoms. The van der Waals surface area contributed by atoms with Crippen molar-refractivity contribution >= 4 is 27.9 Å². The molecule has 2 heterocycles. The molecular formula is C17H19N3OS. The first-order valence-corrected chi connectivity index (χ1v) is 8.42. The highest BCUT2D eigenvalue weighted by atomic mass is 32.1. The fourth-order valence-corrected chi connectivity index (χ4v) is 3.09. The summed E-state index contributed by atoms with van der Waals surface area (Å²) in [6.07, 6.45) is 7.63. The van der Waals surface area contributed by atoms with E-state index in [2.05, 4.69) is 29.4 Å². The SMILES string of the molecule is CCCCc1ccc(NC(=O)Cc2cn3ccsc3n2)cc1. The second-order valence-electron chi connectivity index (χ2n) is 5.35. The van der Waals surface area contributed by atoms with Crippen molar-refractivity contribution in [3.8, 4) is 0 Å². The highest BCUT2D eigenvalue weighted by Crippen LogP contribution is 2.14. The maximum absolute atomic E-state index is 12.1. The number of amides is 1. The summed E-state index contributed by atoms with van der Waals surface area (Å²) in [4.78, 5) is 17.4. The maximum atomic E-state index is 12.1. The highest BCUT2D eigenvalue weighted by Gasteiger charge is 2.08. The van der Waals surface area contributed by atoms with Crippen molar-refractivity contribution < 1.29 is 4.79 Å². The second kappa shape index (κ2) is 6.75. The molecule has 1 N–H and O–H groups in total. The second-order valence-corrected chi connectivity index (χ2v) is 6.22. The molecule has 0 radical (unpaired) electrons. The molecule has 1 amide bonds. The topological polar surface area (TPSA) is 46.4 Å².